The number of amides is 2. The molecular weight excluding hydrogens is 390 g/mol. The molecule has 1 atom stereocenters. The van der Waals surface area contributed by atoms with E-state index in [-0.39, 0.29) is 12.5 Å². The van der Waals surface area contributed by atoms with E-state index < -0.39 is 17.6 Å². The number of alkyl carbamates (subject to hydrolysis) is 1. The predicted molar refractivity (Wildman–Crippen MR) is 106 cm³/mol. The number of aromatic nitrogens is 1. The van der Waals surface area contributed by atoms with E-state index in [1.807, 2.05) is 6.07 Å². The zero-order chi connectivity index (χ0) is 21.7. The third-order valence-corrected chi connectivity index (χ3v) is 5.10. The van der Waals surface area contributed by atoms with Gasteiger partial charge in [-0.05, 0) is 30.2 Å². The Kier molecular flexibility index (Phi) is 6.20. The molecule has 1 aliphatic heterocycles. The second-order valence-electron chi connectivity index (χ2n) is 6.75. The number of ether oxygens (including phenoxy) is 3. The van der Waals surface area contributed by atoms with Crippen LogP contribution in [0.5, 0.6) is 5.75 Å². The van der Waals surface area contributed by atoms with Crippen LogP contribution in [0.2, 0.25) is 0 Å². The van der Waals surface area contributed by atoms with Gasteiger partial charge in [-0.25, -0.2) is 9.59 Å². The first kappa shape index (κ1) is 21.1. The van der Waals surface area contributed by atoms with Gasteiger partial charge in [0.2, 0.25) is 0 Å². The van der Waals surface area contributed by atoms with Gasteiger partial charge in [-0.2, -0.15) is 0 Å². The highest BCUT2D eigenvalue weighted by Gasteiger charge is 2.47. The van der Waals surface area contributed by atoms with Crippen LogP contribution in [0.15, 0.2) is 42.7 Å². The molecule has 158 valence electrons. The average Bonchev–Trinajstić information content (AvgIpc) is 2.79. The first-order valence-electron chi connectivity index (χ1n) is 9.26. The van der Waals surface area contributed by atoms with E-state index in [2.05, 4.69) is 10.3 Å². The molecule has 1 unspecified atom stereocenters. The molecule has 30 heavy (non-hydrogen) atoms. The fourth-order valence-corrected chi connectivity index (χ4v) is 3.52. The molecule has 2 aromatic rings. The fourth-order valence-electron chi connectivity index (χ4n) is 3.52. The Morgan fingerprint density at radius 1 is 1.20 bits per heavy atom. The number of nitrogens with zero attached hydrogens (tertiary/aromatic N) is 2. The number of hydrogen-bond donors (Lipinski definition) is 1. The third kappa shape index (κ3) is 3.91. The second kappa shape index (κ2) is 8.81. The molecule has 0 radical (unpaired) electrons. The summed E-state index contributed by atoms with van der Waals surface area (Å²) in [5, 5.41) is 2.57. The predicted octanol–water partition coefficient (Wildman–Crippen LogP) is 1.51. The zero-order valence-corrected chi connectivity index (χ0v) is 17.0. The van der Waals surface area contributed by atoms with Crippen molar-refractivity contribution in [3.63, 3.8) is 0 Å². The van der Waals surface area contributed by atoms with Gasteiger partial charge in [-0.15, -0.1) is 0 Å². The Bertz CT molecular complexity index is 949. The minimum atomic E-state index is -1.69. The first-order valence-corrected chi connectivity index (χ1v) is 9.26. The highest BCUT2D eigenvalue weighted by molar-refractivity contribution is 5.98. The van der Waals surface area contributed by atoms with Crippen LogP contribution in [0.1, 0.15) is 21.5 Å². The Balaban J connectivity index is 2.03. The third-order valence-electron chi connectivity index (χ3n) is 5.10. The molecule has 0 saturated heterocycles. The molecule has 0 fully saturated rings. The Morgan fingerprint density at radius 2 is 2.00 bits per heavy atom. The van der Waals surface area contributed by atoms with Crippen molar-refractivity contribution in [2.24, 2.45) is 0 Å². The van der Waals surface area contributed by atoms with Gasteiger partial charge in [-0.1, -0.05) is 12.1 Å². The smallest absolute Gasteiger partial charge is 0.408 e. The van der Waals surface area contributed by atoms with Crippen LogP contribution in [0.3, 0.4) is 0 Å². The van der Waals surface area contributed by atoms with E-state index >= 15 is 0 Å². The SMILES string of the molecule is COC(=O)NC(CN1CCc2ccc(OC)cc2C1=O)(C(=O)OC)c1cccnc1. The highest BCUT2D eigenvalue weighted by Crippen LogP contribution is 2.29. The number of fused-ring (bicyclic) bond motifs is 1. The van der Waals surface area contributed by atoms with Crippen molar-refractivity contribution in [2.75, 3.05) is 34.4 Å². The largest absolute Gasteiger partial charge is 0.497 e. The van der Waals surface area contributed by atoms with Crippen LogP contribution in [-0.4, -0.2) is 62.3 Å². The number of pyridine rings is 1. The Labute approximate surface area is 173 Å². The molecular formula is C21H23N3O6. The van der Waals surface area contributed by atoms with E-state index in [1.165, 1.54) is 38.6 Å². The number of rotatable bonds is 6. The topological polar surface area (TPSA) is 107 Å². The molecule has 2 heterocycles. The molecule has 0 aliphatic carbocycles. The summed E-state index contributed by atoms with van der Waals surface area (Å²) in [6.07, 6.45) is 2.74. The molecule has 0 saturated carbocycles. The van der Waals surface area contributed by atoms with Gasteiger partial charge in [0, 0.05) is 30.1 Å². The summed E-state index contributed by atoms with van der Waals surface area (Å²) < 4.78 is 15.0. The van der Waals surface area contributed by atoms with Crippen molar-refractivity contribution in [3.05, 3.63) is 59.4 Å². The lowest BCUT2D eigenvalue weighted by Crippen LogP contribution is -2.60. The maximum atomic E-state index is 13.2. The van der Waals surface area contributed by atoms with Crippen molar-refractivity contribution in [3.8, 4) is 5.75 Å². The minimum absolute atomic E-state index is 0.157. The molecule has 1 N–H and O–H groups in total. The lowest BCUT2D eigenvalue weighted by Gasteiger charge is -2.38. The number of carbonyl (C=O) groups excluding carboxylic acids is 3. The molecule has 9 heteroatoms. The quantitative estimate of drug-likeness (QED) is 0.716. The summed E-state index contributed by atoms with van der Waals surface area (Å²) >= 11 is 0. The van der Waals surface area contributed by atoms with Gasteiger partial charge >= 0.3 is 12.1 Å². The molecule has 9 nitrogen and oxygen atoms in total. The van der Waals surface area contributed by atoms with Gasteiger partial charge in [0.1, 0.15) is 5.75 Å². The maximum absolute atomic E-state index is 13.2. The highest BCUT2D eigenvalue weighted by atomic mass is 16.5. The van der Waals surface area contributed by atoms with Gasteiger partial charge in [0.15, 0.2) is 5.54 Å². The van der Waals surface area contributed by atoms with E-state index in [0.29, 0.717) is 29.8 Å². The fraction of sp³-hybridized carbons (Fsp3) is 0.333. The molecule has 3 rings (SSSR count). The van der Waals surface area contributed by atoms with Crippen molar-refractivity contribution in [1.29, 1.82) is 0 Å². The standard InChI is InChI=1S/C21H23N3O6/c1-28-16-7-6-14-8-10-24(18(25)17(14)11-16)13-21(19(26)29-2,23-20(27)30-3)15-5-4-9-22-12-15/h4-7,9,11-12H,8,10,13H2,1-3H3,(H,23,27). The van der Waals surface area contributed by atoms with Gasteiger partial charge < -0.3 is 19.1 Å². The van der Waals surface area contributed by atoms with Crippen LogP contribution < -0.4 is 10.1 Å². The molecule has 0 spiro atoms. The molecule has 0 bridgehead atoms. The zero-order valence-electron chi connectivity index (χ0n) is 17.0. The number of esters is 1. The van der Waals surface area contributed by atoms with Crippen molar-refractivity contribution in [1.82, 2.24) is 15.2 Å². The molecule has 2 amide bonds. The normalized spacial score (nSPS) is 14.9. The van der Waals surface area contributed by atoms with Crippen LogP contribution in [0.25, 0.3) is 0 Å². The summed E-state index contributed by atoms with van der Waals surface area (Å²) in [7, 11) is 3.93. The van der Waals surface area contributed by atoms with Crippen LogP contribution in [-0.2, 0) is 26.2 Å². The monoisotopic (exact) mass is 413 g/mol. The van der Waals surface area contributed by atoms with Crippen molar-refractivity contribution in [2.45, 2.75) is 12.0 Å². The summed E-state index contributed by atoms with van der Waals surface area (Å²) in [5.74, 6) is -0.466. The van der Waals surface area contributed by atoms with Crippen LogP contribution in [0, 0.1) is 0 Å². The summed E-state index contributed by atoms with van der Waals surface area (Å²) in [6, 6.07) is 8.58. The lowest BCUT2D eigenvalue weighted by atomic mass is 9.88. The molecule has 1 aromatic heterocycles. The van der Waals surface area contributed by atoms with E-state index in [4.69, 9.17) is 14.2 Å². The Hall–Kier alpha value is -3.62. The van der Waals surface area contributed by atoms with E-state index in [1.54, 1.807) is 24.3 Å². The average molecular weight is 413 g/mol. The molecule has 1 aliphatic rings. The number of carbonyl (C=O) groups is 3. The minimum Gasteiger partial charge on any atom is -0.497 e. The number of nitrogens with one attached hydrogen (secondary N) is 1. The van der Waals surface area contributed by atoms with Gasteiger partial charge in [0.25, 0.3) is 5.91 Å². The van der Waals surface area contributed by atoms with E-state index in [0.717, 1.165) is 5.56 Å². The van der Waals surface area contributed by atoms with Crippen molar-refractivity contribution >= 4 is 18.0 Å². The summed E-state index contributed by atoms with van der Waals surface area (Å²) in [5.41, 5.74) is 0.0559. The van der Waals surface area contributed by atoms with Crippen molar-refractivity contribution < 1.29 is 28.6 Å². The Morgan fingerprint density at radius 3 is 2.63 bits per heavy atom. The van der Waals surface area contributed by atoms with Gasteiger partial charge in [-0.3, -0.25) is 15.1 Å². The summed E-state index contributed by atoms with van der Waals surface area (Å²) in [4.78, 5) is 43.9. The summed E-state index contributed by atoms with van der Waals surface area (Å²) in [6.45, 7) is 0.204. The van der Waals surface area contributed by atoms with Gasteiger partial charge in [0.05, 0.1) is 27.9 Å². The number of benzene rings is 1. The van der Waals surface area contributed by atoms with Crippen LogP contribution >= 0.6 is 0 Å². The van der Waals surface area contributed by atoms with Crippen LogP contribution in [0.4, 0.5) is 4.79 Å². The number of hydrogen-bond acceptors (Lipinski definition) is 7. The van der Waals surface area contributed by atoms with E-state index in [9.17, 15) is 14.4 Å². The molecule has 1 aromatic carbocycles. The number of methoxy groups -OCH3 is 3. The second-order valence-corrected chi connectivity index (χ2v) is 6.75. The lowest BCUT2D eigenvalue weighted by molar-refractivity contribution is -0.149. The first-order chi connectivity index (χ1) is 14.4. The maximum Gasteiger partial charge on any atom is 0.408 e.